The Kier molecular flexibility index (Phi) is 5.81. The van der Waals surface area contributed by atoms with E-state index in [1.165, 1.54) is 16.2 Å². The molecule has 1 saturated carbocycles. The SMILES string of the molecule is CN1CC[C@@](O)(c2cccc(-c3nc(-c4ccnc(NC5CCC(F)(F)CC5)n4)cs3)c2)C1=O. The fourth-order valence-electron chi connectivity index (χ4n) is 4.49. The van der Waals surface area contributed by atoms with Crippen molar-refractivity contribution in [3.8, 4) is 22.0 Å². The lowest BCUT2D eigenvalue weighted by atomic mass is 9.91. The van der Waals surface area contributed by atoms with Crippen LogP contribution in [-0.4, -0.2) is 56.4 Å². The minimum absolute atomic E-state index is 0.0771. The monoisotopic (exact) mass is 485 g/mol. The number of hydrogen-bond acceptors (Lipinski definition) is 7. The van der Waals surface area contributed by atoms with E-state index < -0.39 is 11.5 Å². The summed E-state index contributed by atoms with van der Waals surface area (Å²) in [5.41, 5.74) is 1.15. The van der Waals surface area contributed by atoms with Crippen LogP contribution in [0.4, 0.5) is 14.7 Å². The van der Waals surface area contributed by atoms with E-state index in [4.69, 9.17) is 4.98 Å². The standard InChI is InChI=1S/C24H25F2N5O2S/c1-31-12-10-24(33,21(31)32)16-4-2-3-15(13-16)20-29-19(14-34-20)18-7-11-27-22(30-18)28-17-5-8-23(25,26)9-6-17/h2-4,7,11,13-14,17,33H,5-6,8-10,12H2,1H3,(H,27,28,30)/t24-/m1/s1. The van der Waals surface area contributed by atoms with Gasteiger partial charge in [0.15, 0.2) is 5.60 Å². The molecule has 178 valence electrons. The Balaban J connectivity index is 1.34. The normalized spacial score (nSPS) is 22.8. The summed E-state index contributed by atoms with van der Waals surface area (Å²) in [5, 5.41) is 16.8. The van der Waals surface area contributed by atoms with Crippen molar-refractivity contribution in [1.29, 1.82) is 0 Å². The molecule has 2 aliphatic rings. The van der Waals surface area contributed by atoms with Crippen molar-refractivity contribution < 1.29 is 18.7 Å². The van der Waals surface area contributed by atoms with E-state index in [-0.39, 0.29) is 24.8 Å². The molecule has 7 nitrogen and oxygen atoms in total. The first kappa shape index (κ1) is 22.8. The molecule has 1 aliphatic carbocycles. The summed E-state index contributed by atoms with van der Waals surface area (Å²) in [4.78, 5) is 27.5. The first-order chi connectivity index (χ1) is 16.2. The Morgan fingerprint density at radius 1 is 1.15 bits per heavy atom. The fraction of sp³-hybridized carbons (Fsp3) is 0.417. The van der Waals surface area contributed by atoms with Gasteiger partial charge in [-0.15, -0.1) is 11.3 Å². The quantitative estimate of drug-likeness (QED) is 0.560. The summed E-state index contributed by atoms with van der Waals surface area (Å²) in [6, 6.07) is 8.96. The number of carbonyl (C=O) groups is 1. The van der Waals surface area contributed by atoms with Gasteiger partial charge in [-0.05, 0) is 30.5 Å². The van der Waals surface area contributed by atoms with Crippen molar-refractivity contribution in [3.63, 3.8) is 0 Å². The van der Waals surface area contributed by atoms with Crippen LogP contribution in [0.5, 0.6) is 0 Å². The van der Waals surface area contributed by atoms with Crippen LogP contribution in [0.2, 0.25) is 0 Å². The molecule has 1 atom stereocenters. The number of nitrogens with zero attached hydrogens (tertiary/aromatic N) is 4. The number of likely N-dealkylation sites (tertiary alicyclic amines) is 1. The molecule has 0 spiro atoms. The Hall–Kier alpha value is -2.98. The first-order valence-corrected chi connectivity index (χ1v) is 12.1. The van der Waals surface area contributed by atoms with Crippen molar-refractivity contribution in [2.45, 2.75) is 49.7 Å². The summed E-state index contributed by atoms with van der Waals surface area (Å²) in [6.07, 6.45) is 2.47. The third-order valence-electron chi connectivity index (χ3n) is 6.57. The number of carbonyl (C=O) groups excluding carboxylic acids is 1. The second-order valence-corrected chi connectivity index (χ2v) is 9.85. The number of benzene rings is 1. The van der Waals surface area contributed by atoms with E-state index in [1.54, 1.807) is 25.4 Å². The van der Waals surface area contributed by atoms with Gasteiger partial charge in [0.05, 0.1) is 5.69 Å². The summed E-state index contributed by atoms with van der Waals surface area (Å²) < 4.78 is 26.8. The number of alkyl halides is 2. The van der Waals surface area contributed by atoms with E-state index in [0.29, 0.717) is 48.7 Å². The lowest BCUT2D eigenvalue weighted by Crippen LogP contribution is -2.36. The average Bonchev–Trinajstić information content (AvgIpc) is 3.43. The Bertz CT molecular complexity index is 1210. The summed E-state index contributed by atoms with van der Waals surface area (Å²) >= 11 is 1.44. The molecule has 3 aromatic rings. The van der Waals surface area contributed by atoms with Crippen LogP contribution in [0.25, 0.3) is 22.0 Å². The molecule has 1 saturated heterocycles. The summed E-state index contributed by atoms with van der Waals surface area (Å²) in [7, 11) is 1.69. The van der Waals surface area contributed by atoms with Gasteiger partial charge in [0.1, 0.15) is 10.7 Å². The number of thiazole rings is 1. The smallest absolute Gasteiger partial charge is 0.258 e. The van der Waals surface area contributed by atoms with Crippen molar-refractivity contribution in [2.75, 3.05) is 18.9 Å². The highest BCUT2D eigenvalue weighted by Gasteiger charge is 2.45. The number of halogens is 2. The van der Waals surface area contributed by atoms with E-state index >= 15 is 0 Å². The maximum atomic E-state index is 13.4. The molecular formula is C24H25F2N5O2S. The fourth-order valence-corrected chi connectivity index (χ4v) is 5.30. The lowest BCUT2D eigenvalue weighted by Gasteiger charge is -2.28. The lowest BCUT2D eigenvalue weighted by molar-refractivity contribution is -0.143. The van der Waals surface area contributed by atoms with Crippen molar-refractivity contribution in [1.82, 2.24) is 19.9 Å². The molecule has 1 aromatic carbocycles. The Labute approximate surface area is 199 Å². The highest BCUT2D eigenvalue weighted by atomic mass is 32.1. The van der Waals surface area contributed by atoms with E-state index in [1.807, 2.05) is 23.6 Å². The van der Waals surface area contributed by atoms with Crippen LogP contribution in [0, 0.1) is 0 Å². The van der Waals surface area contributed by atoms with Crippen LogP contribution >= 0.6 is 11.3 Å². The molecule has 2 aromatic heterocycles. The average molecular weight is 486 g/mol. The molecule has 2 N–H and O–H groups in total. The first-order valence-electron chi connectivity index (χ1n) is 11.3. The van der Waals surface area contributed by atoms with Crippen LogP contribution in [-0.2, 0) is 10.4 Å². The molecule has 10 heteroatoms. The molecule has 0 radical (unpaired) electrons. The van der Waals surface area contributed by atoms with Gasteiger partial charge in [0, 0.05) is 56.0 Å². The molecular weight excluding hydrogens is 460 g/mol. The molecule has 0 unspecified atom stereocenters. The van der Waals surface area contributed by atoms with Gasteiger partial charge >= 0.3 is 0 Å². The number of anilines is 1. The van der Waals surface area contributed by atoms with E-state index in [9.17, 15) is 18.7 Å². The third kappa shape index (κ3) is 4.39. The minimum Gasteiger partial charge on any atom is -0.375 e. The zero-order valence-corrected chi connectivity index (χ0v) is 19.5. The zero-order chi connectivity index (χ0) is 23.9. The molecule has 2 fully saturated rings. The maximum absolute atomic E-state index is 13.4. The van der Waals surface area contributed by atoms with Gasteiger partial charge < -0.3 is 15.3 Å². The van der Waals surface area contributed by atoms with Gasteiger partial charge in [-0.1, -0.05) is 18.2 Å². The number of aliphatic hydroxyl groups is 1. The largest absolute Gasteiger partial charge is 0.375 e. The Morgan fingerprint density at radius 2 is 1.94 bits per heavy atom. The highest BCUT2D eigenvalue weighted by molar-refractivity contribution is 7.13. The summed E-state index contributed by atoms with van der Waals surface area (Å²) in [6.45, 7) is 0.508. The van der Waals surface area contributed by atoms with Crippen LogP contribution in [0.3, 0.4) is 0 Å². The number of rotatable bonds is 5. The van der Waals surface area contributed by atoms with Gasteiger partial charge in [-0.3, -0.25) is 4.79 Å². The highest BCUT2D eigenvalue weighted by Crippen LogP contribution is 2.36. The molecule has 3 heterocycles. The van der Waals surface area contributed by atoms with E-state index in [2.05, 4.69) is 15.3 Å². The topological polar surface area (TPSA) is 91.2 Å². The number of likely N-dealkylation sites (N-methyl/N-ethyl adjacent to an activating group) is 1. The third-order valence-corrected chi connectivity index (χ3v) is 7.46. The molecule has 5 rings (SSSR count). The predicted octanol–water partition coefficient (Wildman–Crippen LogP) is 4.31. The van der Waals surface area contributed by atoms with Gasteiger partial charge in [0.25, 0.3) is 5.91 Å². The van der Waals surface area contributed by atoms with Crippen LogP contribution < -0.4 is 5.32 Å². The maximum Gasteiger partial charge on any atom is 0.258 e. The second-order valence-electron chi connectivity index (χ2n) is 9.00. The minimum atomic E-state index is -2.58. The van der Waals surface area contributed by atoms with Gasteiger partial charge in [-0.25, -0.2) is 23.7 Å². The molecule has 1 aliphatic heterocycles. The van der Waals surface area contributed by atoms with Crippen molar-refractivity contribution >= 4 is 23.2 Å². The van der Waals surface area contributed by atoms with E-state index in [0.717, 1.165) is 10.6 Å². The second kappa shape index (κ2) is 8.66. The van der Waals surface area contributed by atoms with Crippen LogP contribution in [0.1, 0.15) is 37.7 Å². The van der Waals surface area contributed by atoms with Crippen molar-refractivity contribution in [3.05, 3.63) is 47.5 Å². The molecule has 1 amide bonds. The number of nitrogens with one attached hydrogen (secondary N) is 1. The molecule has 34 heavy (non-hydrogen) atoms. The predicted molar refractivity (Wildman–Crippen MR) is 126 cm³/mol. The Morgan fingerprint density at radius 3 is 2.68 bits per heavy atom. The van der Waals surface area contributed by atoms with Gasteiger partial charge in [0.2, 0.25) is 11.9 Å². The number of amides is 1. The number of aromatic nitrogens is 3. The summed E-state index contributed by atoms with van der Waals surface area (Å²) in [5.74, 6) is -2.48. The number of hydrogen-bond donors (Lipinski definition) is 2. The molecule has 0 bridgehead atoms. The zero-order valence-electron chi connectivity index (χ0n) is 18.7. The van der Waals surface area contributed by atoms with Gasteiger partial charge in [-0.2, -0.15) is 0 Å². The van der Waals surface area contributed by atoms with Crippen LogP contribution in [0.15, 0.2) is 41.9 Å². The van der Waals surface area contributed by atoms with Crippen molar-refractivity contribution in [2.24, 2.45) is 0 Å².